The largest absolute Gasteiger partial charge is 0.497 e. The summed E-state index contributed by atoms with van der Waals surface area (Å²) in [6.45, 7) is 13.3. The predicted octanol–water partition coefficient (Wildman–Crippen LogP) is 4.78. The van der Waals surface area contributed by atoms with Gasteiger partial charge in [0.1, 0.15) is 11.5 Å². The highest BCUT2D eigenvalue weighted by atomic mass is 19.4. The lowest BCUT2D eigenvalue weighted by molar-refractivity contribution is -0.136. The minimum atomic E-state index is -4.75. The van der Waals surface area contributed by atoms with Gasteiger partial charge in [-0.1, -0.05) is 13.8 Å². The maximum absolute atomic E-state index is 14.1. The molecule has 3 aromatic rings. The van der Waals surface area contributed by atoms with Crippen LogP contribution in [-0.2, 0) is 19.3 Å². The first-order chi connectivity index (χ1) is 16.2. The molecule has 0 amide bonds. The molecule has 0 N–H and O–H groups in total. The van der Waals surface area contributed by atoms with E-state index in [1.54, 1.807) is 18.2 Å². The zero-order chi connectivity index (χ0) is 25.0. The van der Waals surface area contributed by atoms with E-state index >= 15 is 0 Å². The lowest BCUT2D eigenvalue weighted by Gasteiger charge is -2.18. The molecule has 1 heterocycles. The van der Waals surface area contributed by atoms with Crippen molar-refractivity contribution in [3.63, 3.8) is 0 Å². The third-order valence-electron chi connectivity index (χ3n) is 5.89. The molecule has 0 saturated heterocycles. The third-order valence-corrected chi connectivity index (χ3v) is 5.89. The molecule has 34 heavy (non-hydrogen) atoms. The van der Waals surface area contributed by atoms with Crippen LogP contribution >= 0.6 is 0 Å². The Balaban J connectivity index is 2.27. The summed E-state index contributed by atoms with van der Waals surface area (Å²) < 4.78 is 55.3. The molecule has 182 valence electrons. The zero-order valence-corrected chi connectivity index (χ0v) is 19.6. The zero-order valence-electron chi connectivity index (χ0n) is 19.6. The van der Waals surface area contributed by atoms with Gasteiger partial charge in [-0.25, -0.2) is 9.64 Å². The van der Waals surface area contributed by atoms with Gasteiger partial charge in [-0.2, -0.15) is 13.2 Å². The second kappa shape index (κ2) is 10.2. The van der Waals surface area contributed by atoms with Crippen LogP contribution in [-0.4, -0.2) is 47.9 Å². The first kappa shape index (κ1) is 25.2. The van der Waals surface area contributed by atoms with E-state index in [9.17, 15) is 18.0 Å². The molecule has 0 unspecified atom stereocenters. The summed E-state index contributed by atoms with van der Waals surface area (Å²) in [5, 5.41) is 0. The molecular weight excluding hydrogens is 449 g/mol. The number of halogens is 3. The number of hydrogen-bond donors (Lipinski definition) is 0. The standard InChI is InChI=1S/C24H27F3N4O3/c1-6-29(7-2)10-11-30-20-13-17(28-3)12-19(24(25,26)27)22(20)31(23(30)32)15-16-8-9-18(33-4)14-21(16)34-5/h8-9,12-14H,6-7,10-11,15H2,1-2,4-5H3. The summed E-state index contributed by atoms with van der Waals surface area (Å²) in [7, 11) is 2.94. The number of imidazole rings is 1. The number of benzene rings is 2. The number of ether oxygens (including phenoxy) is 2. The molecule has 0 spiro atoms. The van der Waals surface area contributed by atoms with E-state index in [1.807, 2.05) is 13.8 Å². The van der Waals surface area contributed by atoms with Crippen molar-refractivity contribution >= 4 is 16.7 Å². The summed E-state index contributed by atoms with van der Waals surface area (Å²) in [4.78, 5) is 18.8. The number of aromatic nitrogens is 2. The number of fused-ring (bicyclic) bond motifs is 1. The summed E-state index contributed by atoms with van der Waals surface area (Å²) in [6, 6.07) is 7.07. The summed E-state index contributed by atoms with van der Waals surface area (Å²) in [5.74, 6) is 0.911. The Labute approximate surface area is 195 Å². The van der Waals surface area contributed by atoms with Gasteiger partial charge in [-0.15, -0.1) is 0 Å². The van der Waals surface area contributed by atoms with Crippen molar-refractivity contribution in [1.29, 1.82) is 0 Å². The Hall–Kier alpha value is -3.45. The highest BCUT2D eigenvalue weighted by molar-refractivity contribution is 5.85. The molecular formula is C24H27F3N4O3. The summed E-state index contributed by atoms with van der Waals surface area (Å²) >= 11 is 0. The maximum atomic E-state index is 14.1. The number of likely N-dealkylation sites (N-methyl/N-ethyl adjacent to an activating group) is 1. The smallest absolute Gasteiger partial charge is 0.417 e. The van der Waals surface area contributed by atoms with Crippen LogP contribution in [0.5, 0.6) is 11.5 Å². The lowest BCUT2D eigenvalue weighted by atomic mass is 10.1. The van der Waals surface area contributed by atoms with E-state index in [1.165, 1.54) is 24.9 Å². The lowest BCUT2D eigenvalue weighted by Crippen LogP contribution is -2.32. The van der Waals surface area contributed by atoms with Gasteiger partial charge < -0.3 is 14.4 Å². The van der Waals surface area contributed by atoms with Crippen LogP contribution in [0.3, 0.4) is 0 Å². The van der Waals surface area contributed by atoms with Crippen molar-refractivity contribution in [1.82, 2.24) is 14.0 Å². The monoisotopic (exact) mass is 476 g/mol. The second-order valence-corrected chi connectivity index (χ2v) is 7.70. The minimum Gasteiger partial charge on any atom is -0.497 e. The number of nitrogens with zero attached hydrogens (tertiary/aromatic N) is 4. The van der Waals surface area contributed by atoms with Crippen LogP contribution in [0.15, 0.2) is 35.1 Å². The molecule has 7 nitrogen and oxygen atoms in total. The number of rotatable bonds is 9. The maximum Gasteiger partial charge on any atom is 0.417 e. The van der Waals surface area contributed by atoms with Crippen molar-refractivity contribution in [2.75, 3.05) is 33.9 Å². The van der Waals surface area contributed by atoms with Gasteiger partial charge in [-0.05, 0) is 37.4 Å². The van der Waals surface area contributed by atoms with Crippen molar-refractivity contribution in [2.45, 2.75) is 33.1 Å². The van der Waals surface area contributed by atoms with Gasteiger partial charge in [-0.3, -0.25) is 9.13 Å². The van der Waals surface area contributed by atoms with Crippen molar-refractivity contribution in [2.24, 2.45) is 0 Å². The molecule has 0 aliphatic carbocycles. The number of hydrogen-bond acceptors (Lipinski definition) is 4. The van der Waals surface area contributed by atoms with E-state index in [0.29, 0.717) is 23.6 Å². The average molecular weight is 476 g/mol. The van der Waals surface area contributed by atoms with E-state index in [2.05, 4.69) is 9.74 Å². The third kappa shape index (κ3) is 4.89. The molecule has 10 heteroatoms. The molecule has 0 radical (unpaired) electrons. The molecule has 0 fully saturated rings. The molecule has 0 aliphatic rings. The van der Waals surface area contributed by atoms with E-state index in [0.717, 1.165) is 23.7 Å². The molecule has 0 aliphatic heterocycles. The van der Waals surface area contributed by atoms with E-state index < -0.39 is 17.4 Å². The second-order valence-electron chi connectivity index (χ2n) is 7.70. The highest BCUT2D eigenvalue weighted by Gasteiger charge is 2.36. The molecule has 0 atom stereocenters. The van der Waals surface area contributed by atoms with Crippen LogP contribution in [0.2, 0.25) is 0 Å². The van der Waals surface area contributed by atoms with Crippen LogP contribution in [0.4, 0.5) is 18.9 Å². The Morgan fingerprint density at radius 1 is 1.06 bits per heavy atom. The number of methoxy groups -OCH3 is 2. The fourth-order valence-electron chi connectivity index (χ4n) is 4.02. The Morgan fingerprint density at radius 3 is 2.32 bits per heavy atom. The van der Waals surface area contributed by atoms with Gasteiger partial charge in [0.25, 0.3) is 0 Å². The van der Waals surface area contributed by atoms with Gasteiger partial charge >= 0.3 is 11.9 Å². The van der Waals surface area contributed by atoms with Crippen LogP contribution in [0, 0.1) is 6.57 Å². The van der Waals surface area contributed by atoms with Crippen LogP contribution in [0.25, 0.3) is 15.9 Å². The topological polar surface area (TPSA) is 53.0 Å². The van der Waals surface area contributed by atoms with Gasteiger partial charge in [0.2, 0.25) is 0 Å². The van der Waals surface area contributed by atoms with Gasteiger partial charge in [0, 0.05) is 24.7 Å². The SMILES string of the molecule is [C-]#[N+]c1cc(C(F)(F)F)c2c(c1)n(CCN(CC)CC)c(=O)n2Cc1ccc(OC)cc1OC. The fraction of sp³-hybridized carbons (Fsp3) is 0.417. The van der Waals surface area contributed by atoms with E-state index in [-0.39, 0.29) is 29.8 Å². The Kier molecular flexibility index (Phi) is 7.57. The van der Waals surface area contributed by atoms with Crippen LogP contribution < -0.4 is 15.2 Å². The minimum absolute atomic E-state index is 0.0884. The summed E-state index contributed by atoms with van der Waals surface area (Å²) in [5.41, 5.74) is -1.39. The van der Waals surface area contributed by atoms with Crippen LogP contribution in [0.1, 0.15) is 25.0 Å². The fourth-order valence-corrected chi connectivity index (χ4v) is 4.02. The molecule has 3 rings (SSSR count). The van der Waals surface area contributed by atoms with Crippen molar-refractivity contribution < 1.29 is 22.6 Å². The molecule has 2 aromatic carbocycles. The van der Waals surface area contributed by atoms with Crippen molar-refractivity contribution in [3.05, 3.63) is 63.4 Å². The average Bonchev–Trinajstić information content (AvgIpc) is 3.09. The Bertz CT molecular complexity index is 1270. The molecule has 1 aromatic heterocycles. The van der Waals surface area contributed by atoms with Gasteiger partial charge in [0.15, 0.2) is 5.69 Å². The van der Waals surface area contributed by atoms with Gasteiger partial charge in [0.05, 0.1) is 43.9 Å². The molecule has 0 saturated carbocycles. The predicted molar refractivity (Wildman–Crippen MR) is 124 cm³/mol. The first-order valence-corrected chi connectivity index (χ1v) is 10.8. The first-order valence-electron chi connectivity index (χ1n) is 10.8. The molecule has 0 bridgehead atoms. The highest BCUT2D eigenvalue weighted by Crippen LogP contribution is 2.38. The number of alkyl halides is 3. The Morgan fingerprint density at radius 2 is 1.76 bits per heavy atom. The van der Waals surface area contributed by atoms with Crippen molar-refractivity contribution in [3.8, 4) is 11.5 Å². The quantitative estimate of drug-likeness (QED) is 0.417. The summed E-state index contributed by atoms with van der Waals surface area (Å²) in [6.07, 6.45) is -4.75. The normalized spacial score (nSPS) is 11.7. The van der Waals surface area contributed by atoms with E-state index in [4.69, 9.17) is 16.0 Å².